The Bertz CT molecular complexity index is 1130. The van der Waals surface area contributed by atoms with E-state index in [1.54, 1.807) is 42.5 Å². The first-order chi connectivity index (χ1) is 13.2. The Labute approximate surface area is 168 Å². The first-order valence-corrected chi connectivity index (χ1v) is 8.72. The van der Waals surface area contributed by atoms with E-state index in [2.05, 4.69) is 0 Å². The zero-order valence-corrected chi connectivity index (χ0v) is 15.6. The van der Waals surface area contributed by atoms with E-state index < -0.39 is 22.9 Å². The van der Waals surface area contributed by atoms with Gasteiger partial charge >= 0.3 is 6.18 Å². The fourth-order valence-electron chi connectivity index (χ4n) is 2.80. The quantitative estimate of drug-likeness (QED) is 0.538. The second-order valence-corrected chi connectivity index (χ2v) is 6.76. The van der Waals surface area contributed by atoms with Crippen LogP contribution in [0.5, 0.6) is 0 Å². The number of hydrogen-bond donors (Lipinski definition) is 0. The minimum absolute atomic E-state index is 0.0305. The van der Waals surface area contributed by atoms with Crippen LogP contribution in [0.15, 0.2) is 59.4 Å². The molecule has 8 heteroatoms. The van der Waals surface area contributed by atoms with Crippen LogP contribution in [0.1, 0.15) is 16.7 Å². The summed E-state index contributed by atoms with van der Waals surface area (Å²) < 4.78 is 41.4. The number of benzene rings is 2. The van der Waals surface area contributed by atoms with Gasteiger partial charge in [0.15, 0.2) is 0 Å². The normalized spacial score (nSPS) is 11.3. The van der Waals surface area contributed by atoms with Crippen molar-refractivity contribution < 1.29 is 13.2 Å². The molecular weight excluding hydrogens is 412 g/mol. The predicted molar refractivity (Wildman–Crippen MR) is 101 cm³/mol. The van der Waals surface area contributed by atoms with Gasteiger partial charge in [-0.1, -0.05) is 59.6 Å². The molecule has 0 saturated carbocycles. The summed E-state index contributed by atoms with van der Waals surface area (Å²) in [5.74, 6) is 0. The van der Waals surface area contributed by atoms with E-state index in [-0.39, 0.29) is 17.3 Å². The SMILES string of the molecule is N#Cc1c(C(F)(F)F)cc(-c2ccccc2)n(Cc2ccc(Cl)cc2Cl)c1=O. The number of hydrogen-bond acceptors (Lipinski definition) is 2. The number of rotatable bonds is 3. The molecule has 0 spiro atoms. The molecule has 0 N–H and O–H groups in total. The maximum Gasteiger partial charge on any atom is 0.417 e. The summed E-state index contributed by atoms with van der Waals surface area (Å²) in [6.07, 6.45) is -4.84. The van der Waals surface area contributed by atoms with Gasteiger partial charge in [0.05, 0.1) is 17.8 Å². The highest BCUT2D eigenvalue weighted by molar-refractivity contribution is 6.35. The summed E-state index contributed by atoms with van der Waals surface area (Å²) in [4.78, 5) is 12.8. The molecule has 142 valence electrons. The fourth-order valence-corrected chi connectivity index (χ4v) is 3.27. The lowest BCUT2D eigenvalue weighted by Gasteiger charge is -2.18. The van der Waals surface area contributed by atoms with E-state index in [9.17, 15) is 23.2 Å². The van der Waals surface area contributed by atoms with Crippen LogP contribution >= 0.6 is 23.2 Å². The number of alkyl halides is 3. The summed E-state index contributed by atoms with van der Waals surface area (Å²) in [5.41, 5.74) is -2.35. The Morgan fingerprint density at radius 3 is 2.29 bits per heavy atom. The maximum atomic E-state index is 13.4. The first kappa shape index (κ1) is 20.0. The topological polar surface area (TPSA) is 45.8 Å². The number of nitrogens with zero attached hydrogens (tertiary/aromatic N) is 2. The van der Waals surface area contributed by atoms with Crippen molar-refractivity contribution in [3.8, 4) is 17.3 Å². The minimum Gasteiger partial charge on any atom is -0.303 e. The van der Waals surface area contributed by atoms with Crippen molar-refractivity contribution in [2.75, 3.05) is 0 Å². The van der Waals surface area contributed by atoms with Gasteiger partial charge in [0.1, 0.15) is 11.6 Å². The minimum atomic E-state index is -4.84. The summed E-state index contributed by atoms with van der Waals surface area (Å²) in [6, 6.07) is 15.0. The molecule has 2 aromatic carbocycles. The molecule has 3 aromatic rings. The lowest BCUT2D eigenvalue weighted by Crippen LogP contribution is -2.28. The molecule has 0 radical (unpaired) electrons. The van der Waals surface area contributed by atoms with Gasteiger partial charge in [-0.3, -0.25) is 4.79 Å². The molecule has 0 amide bonds. The summed E-state index contributed by atoms with van der Waals surface area (Å²) in [6.45, 7) is -0.119. The highest BCUT2D eigenvalue weighted by Gasteiger charge is 2.36. The van der Waals surface area contributed by atoms with Gasteiger partial charge < -0.3 is 4.57 Å². The zero-order chi connectivity index (χ0) is 20.5. The van der Waals surface area contributed by atoms with E-state index in [0.29, 0.717) is 16.1 Å². The number of halogens is 5. The van der Waals surface area contributed by atoms with E-state index in [0.717, 1.165) is 10.6 Å². The van der Waals surface area contributed by atoms with Crippen LogP contribution in [-0.2, 0) is 12.7 Å². The van der Waals surface area contributed by atoms with Crippen LogP contribution in [0.4, 0.5) is 13.2 Å². The Hall–Kier alpha value is -2.75. The highest BCUT2D eigenvalue weighted by Crippen LogP contribution is 2.34. The molecule has 0 saturated heterocycles. The molecule has 3 nitrogen and oxygen atoms in total. The van der Waals surface area contributed by atoms with Crippen molar-refractivity contribution >= 4 is 23.2 Å². The molecule has 0 bridgehead atoms. The average molecular weight is 423 g/mol. The first-order valence-electron chi connectivity index (χ1n) is 7.97. The smallest absolute Gasteiger partial charge is 0.303 e. The number of pyridine rings is 1. The fraction of sp³-hybridized carbons (Fsp3) is 0.100. The molecule has 3 rings (SSSR count). The van der Waals surface area contributed by atoms with Crippen LogP contribution in [0.3, 0.4) is 0 Å². The van der Waals surface area contributed by atoms with Crippen molar-refractivity contribution in [3.05, 3.63) is 91.7 Å². The summed E-state index contributed by atoms with van der Waals surface area (Å²) >= 11 is 12.0. The van der Waals surface area contributed by atoms with Crippen molar-refractivity contribution in [2.45, 2.75) is 12.7 Å². The number of nitriles is 1. The van der Waals surface area contributed by atoms with Gasteiger partial charge in [-0.05, 0) is 29.3 Å². The summed E-state index contributed by atoms with van der Waals surface area (Å²) in [7, 11) is 0. The molecule has 28 heavy (non-hydrogen) atoms. The Kier molecular flexibility index (Phi) is 5.50. The molecule has 0 unspecified atom stereocenters. The van der Waals surface area contributed by atoms with Crippen LogP contribution in [0.2, 0.25) is 10.0 Å². The van der Waals surface area contributed by atoms with E-state index in [4.69, 9.17) is 23.2 Å². The Morgan fingerprint density at radius 2 is 1.71 bits per heavy atom. The average Bonchev–Trinajstić information content (AvgIpc) is 2.64. The standard InChI is InChI=1S/C20H11Cl2F3N2O/c21-14-7-6-13(17(22)8-14)11-27-18(12-4-2-1-3-5-12)9-16(20(23,24)25)15(10-26)19(27)28/h1-9H,11H2. The summed E-state index contributed by atoms with van der Waals surface area (Å²) in [5, 5.41) is 9.84. The highest BCUT2D eigenvalue weighted by atomic mass is 35.5. The predicted octanol–water partition coefficient (Wildman–Crippen LogP) is 5.76. The van der Waals surface area contributed by atoms with Crippen LogP contribution < -0.4 is 5.56 Å². The van der Waals surface area contributed by atoms with Crippen LogP contribution in [-0.4, -0.2) is 4.57 Å². The second kappa shape index (κ2) is 7.70. The third-order valence-corrected chi connectivity index (χ3v) is 4.72. The molecule has 0 aliphatic rings. The van der Waals surface area contributed by atoms with Gasteiger partial charge in [0, 0.05) is 10.0 Å². The van der Waals surface area contributed by atoms with Gasteiger partial charge in [-0.2, -0.15) is 18.4 Å². The van der Waals surface area contributed by atoms with Crippen LogP contribution in [0, 0.1) is 11.3 Å². The zero-order valence-electron chi connectivity index (χ0n) is 14.1. The monoisotopic (exact) mass is 422 g/mol. The van der Waals surface area contributed by atoms with Gasteiger partial charge in [0.25, 0.3) is 5.56 Å². The van der Waals surface area contributed by atoms with E-state index >= 15 is 0 Å². The van der Waals surface area contributed by atoms with Crippen molar-refractivity contribution in [3.63, 3.8) is 0 Å². The second-order valence-electron chi connectivity index (χ2n) is 5.92. The molecule has 0 atom stereocenters. The Balaban J connectivity index is 2.31. The largest absolute Gasteiger partial charge is 0.417 e. The maximum absolute atomic E-state index is 13.4. The third kappa shape index (κ3) is 3.91. The van der Waals surface area contributed by atoms with Gasteiger partial charge in [-0.25, -0.2) is 0 Å². The van der Waals surface area contributed by atoms with Crippen molar-refractivity contribution in [1.82, 2.24) is 4.57 Å². The number of aromatic nitrogens is 1. The Morgan fingerprint density at radius 1 is 1.04 bits per heavy atom. The van der Waals surface area contributed by atoms with E-state index in [1.165, 1.54) is 12.1 Å². The lowest BCUT2D eigenvalue weighted by atomic mass is 10.0. The van der Waals surface area contributed by atoms with Crippen molar-refractivity contribution in [2.24, 2.45) is 0 Å². The molecule has 1 heterocycles. The molecule has 1 aromatic heterocycles. The van der Waals surface area contributed by atoms with Gasteiger partial charge in [0.2, 0.25) is 0 Å². The third-order valence-electron chi connectivity index (χ3n) is 4.13. The molecular formula is C20H11Cl2F3N2O. The lowest BCUT2D eigenvalue weighted by molar-refractivity contribution is -0.137. The van der Waals surface area contributed by atoms with Crippen LogP contribution in [0.25, 0.3) is 11.3 Å². The van der Waals surface area contributed by atoms with E-state index in [1.807, 2.05) is 0 Å². The molecule has 0 aliphatic heterocycles. The molecule has 0 aliphatic carbocycles. The molecule has 0 fully saturated rings. The van der Waals surface area contributed by atoms with Crippen molar-refractivity contribution in [1.29, 1.82) is 5.26 Å². The van der Waals surface area contributed by atoms with Gasteiger partial charge in [-0.15, -0.1) is 0 Å².